The largest absolute Gasteiger partial charge is 0.367 e. The van der Waals surface area contributed by atoms with Gasteiger partial charge in [0.1, 0.15) is 6.10 Å². The predicted molar refractivity (Wildman–Crippen MR) is 56.9 cm³/mol. The maximum Gasteiger partial charge on any atom is 0.248 e. The first kappa shape index (κ1) is 13.4. The third-order valence-electron chi connectivity index (χ3n) is 1.88. The minimum absolute atomic E-state index is 0.0564. The van der Waals surface area contributed by atoms with Gasteiger partial charge in [0.25, 0.3) is 0 Å². The number of hydrogen-bond acceptors (Lipinski definition) is 3. The van der Waals surface area contributed by atoms with Gasteiger partial charge in [0, 0.05) is 13.1 Å². The molecule has 0 saturated heterocycles. The monoisotopic (exact) mass is 202 g/mol. The number of rotatable bonds is 7. The molecule has 84 valence electrons. The summed E-state index contributed by atoms with van der Waals surface area (Å²) in [5, 5.41) is 2.82. The van der Waals surface area contributed by atoms with Gasteiger partial charge in [-0.2, -0.15) is 0 Å². The lowest BCUT2D eigenvalue weighted by Gasteiger charge is -2.13. The van der Waals surface area contributed by atoms with Gasteiger partial charge in [-0.15, -0.1) is 0 Å². The molecule has 1 amide bonds. The van der Waals surface area contributed by atoms with Crippen LogP contribution in [0.2, 0.25) is 0 Å². The summed E-state index contributed by atoms with van der Waals surface area (Å²) >= 11 is 0. The summed E-state index contributed by atoms with van der Waals surface area (Å²) in [6.45, 7) is 7.58. The zero-order valence-corrected chi connectivity index (χ0v) is 9.38. The fourth-order valence-corrected chi connectivity index (χ4v) is 0.948. The van der Waals surface area contributed by atoms with Crippen LogP contribution in [0, 0.1) is 5.92 Å². The molecule has 1 unspecified atom stereocenters. The Kier molecular flexibility index (Phi) is 7.42. The Morgan fingerprint density at radius 1 is 1.43 bits per heavy atom. The van der Waals surface area contributed by atoms with Crippen LogP contribution in [0.5, 0.6) is 0 Å². The molecule has 0 rings (SSSR count). The SMILES string of the molecule is CC(C)CCNC(=O)C(C)OCCN. The van der Waals surface area contributed by atoms with Crippen molar-refractivity contribution in [1.82, 2.24) is 5.32 Å². The minimum Gasteiger partial charge on any atom is -0.367 e. The Hall–Kier alpha value is -0.610. The van der Waals surface area contributed by atoms with Gasteiger partial charge in [0.05, 0.1) is 6.61 Å². The van der Waals surface area contributed by atoms with Gasteiger partial charge >= 0.3 is 0 Å². The normalized spacial score (nSPS) is 12.9. The lowest BCUT2D eigenvalue weighted by Crippen LogP contribution is -2.36. The highest BCUT2D eigenvalue weighted by atomic mass is 16.5. The van der Waals surface area contributed by atoms with Crippen LogP contribution in [-0.2, 0) is 9.53 Å². The third-order valence-corrected chi connectivity index (χ3v) is 1.88. The van der Waals surface area contributed by atoms with E-state index in [1.54, 1.807) is 6.92 Å². The van der Waals surface area contributed by atoms with E-state index in [9.17, 15) is 4.79 Å². The van der Waals surface area contributed by atoms with E-state index >= 15 is 0 Å². The second kappa shape index (κ2) is 7.76. The Bertz CT molecular complexity index is 160. The molecule has 0 fully saturated rings. The van der Waals surface area contributed by atoms with Crippen LogP contribution in [0.1, 0.15) is 27.2 Å². The van der Waals surface area contributed by atoms with Gasteiger partial charge in [-0.25, -0.2) is 0 Å². The Morgan fingerprint density at radius 2 is 2.07 bits per heavy atom. The molecule has 0 aliphatic carbocycles. The zero-order valence-electron chi connectivity index (χ0n) is 9.38. The average Bonchev–Trinajstić information content (AvgIpc) is 2.13. The Balaban J connectivity index is 3.52. The molecule has 0 spiro atoms. The number of amides is 1. The molecule has 0 aromatic heterocycles. The molecular weight excluding hydrogens is 180 g/mol. The van der Waals surface area contributed by atoms with Crippen molar-refractivity contribution >= 4 is 5.91 Å². The van der Waals surface area contributed by atoms with E-state index in [-0.39, 0.29) is 5.91 Å². The molecule has 1 atom stereocenters. The lowest BCUT2D eigenvalue weighted by molar-refractivity contribution is -0.131. The van der Waals surface area contributed by atoms with Gasteiger partial charge in [-0.1, -0.05) is 13.8 Å². The topological polar surface area (TPSA) is 64.3 Å². The van der Waals surface area contributed by atoms with Gasteiger partial charge in [0.2, 0.25) is 5.91 Å². The van der Waals surface area contributed by atoms with E-state index in [1.165, 1.54) is 0 Å². The van der Waals surface area contributed by atoms with Crippen LogP contribution in [0.25, 0.3) is 0 Å². The predicted octanol–water partition coefficient (Wildman–Crippen LogP) is 0.513. The van der Waals surface area contributed by atoms with Gasteiger partial charge < -0.3 is 15.8 Å². The highest BCUT2D eigenvalue weighted by molar-refractivity contribution is 5.80. The van der Waals surface area contributed by atoms with E-state index in [1.807, 2.05) is 0 Å². The second-order valence-corrected chi connectivity index (χ2v) is 3.78. The maximum atomic E-state index is 11.4. The highest BCUT2D eigenvalue weighted by Gasteiger charge is 2.11. The van der Waals surface area contributed by atoms with Crippen molar-refractivity contribution in [2.45, 2.75) is 33.3 Å². The molecule has 0 aromatic carbocycles. The van der Waals surface area contributed by atoms with Crippen LogP contribution >= 0.6 is 0 Å². The summed E-state index contributed by atoms with van der Waals surface area (Å²) < 4.78 is 5.17. The van der Waals surface area contributed by atoms with Crippen LogP contribution in [0.3, 0.4) is 0 Å². The van der Waals surface area contributed by atoms with E-state index in [2.05, 4.69) is 19.2 Å². The van der Waals surface area contributed by atoms with Crippen molar-refractivity contribution in [3.63, 3.8) is 0 Å². The molecular formula is C10H22N2O2. The van der Waals surface area contributed by atoms with E-state index in [0.717, 1.165) is 6.42 Å². The summed E-state index contributed by atoms with van der Waals surface area (Å²) in [6.07, 6.45) is 0.598. The van der Waals surface area contributed by atoms with Crippen molar-refractivity contribution in [3.05, 3.63) is 0 Å². The van der Waals surface area contributed by atoms with Crippen molar-refractivity contribution < 1.29 is 9.53 Å². The first-order valence-corrected chi connectivity index (χ1v) is 5.17. The molecule has 0 aliphatic rings. The van der Waals surface area contributed by atoms with Crippen LogP contribution in [0.4, 0.5) is 0 Å². The van der Waals surface area contributed by atoms with Crippen LogP contribution in [0.15, 0.2) is 0 Å². The highest BCUT2D eigenvalue weighted by Crippen LogP contribution is 1.97. The number of hydrogen-bond donors (Lipinski definition) is 2. The molecule has 0 aromatic rings. The Labute approximate surface area is 86.2 Å². The summed E-state index contributed by atoms with van der Waals surface area (Å²) in [5.74, 6) is 0.551. The maximum absolute atomic E-state index is 11.4. The smallest absolute Gasteiger partial charge is 0.248 e. The van der Waals surface area contributed by atoms with Crippen LogP contribution in [-0.4, -0.2) is 31.7 Å². The zero-order chi connectivity index (χ0) is 11.0. The van der Waals surface area contributed by atoms with Crippen molar-refractivity contribution in [3.8, 4) is 0 Å². The number of carbonyl (C=O) groups excluding carboxylic acids is 1. The summed E-state index contributed by atoms with van der Waals surface area (Å²) in [6, 6.07) is 0. The van der Waals surface area contributed by atoms with Gasteiger partial charge in [-0.3, -0.25) is 4.79 Å². The molecule has 0 saturated carbocycles. The van der Waals surface area contributed by atoms with E-state index in [0.29, 0.717) is 25.6 Å². The quantitative estimate of drug-likeness (QED) is 0.632. The molecule has 0 heterocycles. The third kappa shape index (κ3) is 6.86. The van der Waals surface area contributed by atoms with Crippen molar-refractivity contribution in [2.75, 3.05) is 19.7 Å². The van der Waals surface area contributed by atoms with Crippen molar-refractivity contribution in [1.29, 1.82) is 0 Å². The molecule has 0 aliphatic heterocycles. The van der Waals surface area contributed by atoms with E-state index in [4.69, 9.17) is 10.5 Å². The lowest BCUT2D eigenvalue weighted by atomic mass is 10.1. The molecule has 0 bridgehead atoms. The molecule has 4 heteroatoms. The fraction of sp³-hybridized carbons (Fsp3) is 0.900. The Morgan fingerprint density at radius 3 is 2.57 bits per heavy atom. The van der Waals surface area contributed by atoms with Gasteiger partial charge in [0.15, 0.2) is 0 Å². The minimum atomic E-state index is -0.397. The molecule has 4 nitrogen and oxygen atoms in total. The number of ether oxygens (including phenoxy) is 1. The first-order chi connectivity index (χ1) is 6.57. The summed E-state index contributed by atoms with van der Waals surface area (Å²) in [7, 11) is 0. The standard InChI is InChI=1S/C10H22N2O2/c1-8(2)4-6-12-10(13)9(3)14-7-5-11/h8-9H,4-7,11H2,1-3H3,(H,12,13). The number of carbonyl (C=O) groups is 1. The van der Waals surface area contributed by atoms with Crippen molar-refractivity contribution in [2.24, 2.45) is 11.7 Å². The molecule has 14 heavy (non-hydrogen) atoms. The number of nitrogens with one attached hydrogen (secondary N) is 1. The first-order valence-electron chi connectivity index (χ1n) is 5.17. The summed E-state index contributed by atoms with van der Waals surface area (Å²) in [5.41, 5.74) is 5.26. The number of nitrogens with two attached hydrogens (primary N) is 1. The van der Waals surface area contributed by atoms with E-state index < -0.39 is 6.10 Å². The summed E-state index contributed by atoms with van der Waals surface area (Å²) in [4.78, 5) is 11.4. The van der Waals surface area contributed by atoms with Gasteiger partial charge in [-0.05, 0) is 19.3 Å². The fourth-order valence-electron chi connectivity index (χ4n) is 0.948. The second-order valence-electron chi connectivity index (χ2n) is 3.78. The van der Waals surface area contributed by atoms with Crippen LogP contribution < -0.4 is 11.1 Å². The average molecular weight is 202 g/mol. The molecule has 0 radical (unpaired) electrons. The molecule has 3 N–H and O–H groups in total.